The summed E-state index contributed by atoms with van der Waals surface area (Å²) < 4.78 is 34.1. The number of pyridine rings is 1. The van der Waals surface area contributed by atoms with Crippen LogP contribution in [-0.4, -0.2) is 60.8 Å². The fourth-order valence-electron chi connectivity index (χ4n) is 4.61. The molecular weight excluding hydrogens is 565 g/mol. The first-order valence-electron chi connectivity index (χ1n) is 12.0. The Morgan fingerprint density at radius 2 is 1.97 bits per heavy atom. The molecule has 1 aromatic carbocycles. The zero-order chi connectivity index (χ0) is 26.7. The molecule has 4 rings (SSSR count). The lowest BCUT2D eigenvalue weighted by Gasteiger charge is -2.32. The van der Waals surface area contributed by atoms with Crippen LogP contribution in [-0.2, 0) is 25.4 Å². The second kappa shape index (κ2) is 11.9. The molecule has 2 heterocycles. The van der Waals surface area contributed by atoms with Crippen LogP contribution < -0.4 is 0 Å². The highest BCUT2D eigenvalue weighted by molar-refractivity contribution is 9.10. The molecule has 0 aliphatic heterocycles. The summed E-state index contributed by atoms with van der Waals surface area (Å²) in [6, 6.07) is 6.64. The molecule has 2 aromatic heterocycles. The molecule has 10 heteroatoms. The summed E-state index contributed by atoms with van der Waals surface area (Å²) in [5.41, 5.74) is 3.77. The van der Waals surface area contributed by atoms with E-state index in [1.807, 2.05) is 17.9 Å². The number of benzene rings is 1. The number of carbonyl (C=O) groups excluding carboxylic acids is 1. The number of ether oxygens (including phenoxy) is 3. The Labute approximate surface area is 229 Å². The molecule has 0 bridgehead atoms. The second-order valence-corrected chi connectivity index (χ2v) is 10.4. The number of fused-ring (bicyclic) bond motifs is 1. The molecule has 1 fully saturated rings. The minimum Gasteiger partial charge on any atom is -0.482 e. The highest BCUT2D eigenvalue weighted by Gasteiger charge is 2.27. The van der Waals surface area contributed by atoms with Gasteiger partial charge in [-0.3, -0.25) is 4.79 Å². The maximum atomic E-state index is 15.2. The van der Waals surface area contributed by atoms with E-state index in [1.54, 1.807) is 44.1 Å². The van der Waals surface area contributed by atoms with E-state index in [1.165, 1.54) is 11.6 Å². The van der Waals surface area contributed by atoms with Gasteiger partial charge in [-0.15, -0.1) is 0 Å². The van der Waals surface area contributed by atoms with Crippen LogP contribution in [0.3, 0.4) is 0 Å². The summed E-state index contributed by atoms with van der Waals surface area (Å²) in [6.07, 6.45) is 4.20. The third kappa shape index (κ3) is 6.00. The van der Waals surface area contributed by atoms with Gasteiger partial charge in [-0.2, -0.15) is 0 Å². The van der Waals surface area contributed by atoms with Crippen molar-refractivity contribution in [3.05, 3.63) is 68.5 Å². The normalized spacial score (nSPS) is 13.2. The summed E-state index contributed by atoms with van der Waals surface area (Å²) in [7, 11) is 4.72. The molecule has 0 spiro atoms. The SMILES string of the molecule is COC(=C1CCC1)N(CC(=O)Cc1c(-c2c(C)cc(Br)cc2F)nc2cc(Cl)ccn12)CC(OC)OC. The number of methoxy groups -OCH3 is 3. The van der Waals surface area contributed by atoms with Crippen LogP contribution in [0.5, 0.6) is 0 Å². The van der Waals surface area contributed by atoms with E-state index in [9.17, 15) is 4.79 Å². The van der Waals surface area contributed by atoms with Crippen LogP contribution in [0.15, 0.2) is 46.4 Å². The molecule has 1 aliphatic carbocycles. The number of halogens is 3. The maximum Gasteiger partial charge on any atom is 0.188 e. The largest absolute Gasteiger partial charge is 0.482 e. The Morgan fingerprint density at radius 3 is 2.57 bits per heavy atom. The monoisotopic (exact) mass is 593 g/mol. The Morgan fingerprint density at radius 1 is 1.24 bits per heavy atom. The first-order chi connectivity index (χ1) is 17.7. The number of hydrogen-bond acceptors (Lipinski definition) is 6. The summed E-state index contributed by atoms with van der Waals surface area (Å²) in [4.78, 5) is 20.1. The van der Waals surface area contributed by atoms with Gasteiger partial charge in [0.05, 0.1) is 38.0 Å². The van der Waals surface area contributed by atoms with Crippen molar-refractivity contribution < 1.29 is 23.4 Å². The van der Waals surface area contributed by atoms with E-state index in [0.717, 1.165) is 19.3 Å². The molecule has 0 N–H and O–H groups in total. The van der Waals surface area contributed by atoms with Crippen molar-refractivity contribution in [3.63, 3.8) is 0 Å². The number of aromatic nitrogens is 2. The Balaban J connectivity index is 1.72. The van der Waals surface area contributed by atoms with Gasteiger partial charge in [0.15, 0.2) is 18.0 Å². The molecule has 0 radical (unpaired) electrons. The highest BCUT2D eigenvalue weighted by atomic mass is 79.9. The molecule has 7 nitrogen and oxygen atoms in total. The fraction of sp³-hybridized carbons (Fsp3) is 0.407. The van der Waals surface area contributed by atoms with Gasteiger partial charge in [0.1, 0.15) is 11.5 Å². The molecule has 0 unspecified atom stereocenters. The van der Waals surface area contributed by atoms with Crippen molar-refractivity contribution in [1.29, 1.82) is 0 Å². The van der Waals surface area contributed by atoms with E-state index in [0.29, 0.717) is 50.1 Å². The summed E-state index contributed by atoms with van der Waals surface area (Å²) in [5, 5.41) is 0.503. The van der Waals surface area contributed by atoms with Gasteiger partial charge in [-0.1, -0.05) is 27.5 Å². The van der Waals surface area contributed by atoms with Crippen LogP contribution in [0.25, 0.3) is 16.9 Å². The predicted molar refractivity (Wildman–Crippen MR) is 144 cm³/mol. The average molecular weight is 595 g/mol. The highest BCUT2D eigenvalue weighted by Crippen LogP contribution is 2.34. The van der Waals surface area contributed by atoms with E-state index in [-0.39, 0.29) is 18.7 Å². The average Bonchev–Trinajstić information content (AvgIpc) is 3.14. The van der Waals surface area contributed by atoms with Crippen LogP contribution in [0.2, 0.25) is 5.02 Å². The van der Waals surface area contributed by atoms with Gasteiger partial charge in [0, 0.05) is 41.5 Å². The standard InChI is InChI=1S/C27H30BrClFN3O4/c1-16-10-18(28)11-21(30)25(16)26-22(33-9-8-19(29)12-23(33)31-26)13-20(34)14-32(15-24(35-2)36-3)27(37-4)17-6-5-7-17/h8-12,24H,5-7,13-15H2,1-4H3. The van der Waals surface area contributed by atoms with E-state index < -0.39 is 12.1 Å². The van der Waals surface area contributed by atoms with Crippen LogP contribution in [0, 0.1) is 12.7 Å². The minimum absolute atomic E-state index is 0.0283. The lowest BCUT2D eigenvalue weighted by Crippen LogP contribution is -2.39. The minimum atomic E-state index is -0.536. The van der Waals surface area contributed by atoms with E-state index >= 15 is 4.39 Å². The topological polar surface area (TPSA) is 65.3 Å². The molecule has 1 aliphatic rings. The molecular formula is C27H30BrClFN3O4. The number of rotatable bonds is 11. The van der Waals surface area contributed by atoms with Gasteiger partial charge in [-0.25, -0.2) is 9.37 Å². The number of allylic oxidation sites excluding steroid dienone is 1. The van der Waals surface area contributed by atoms with Crippen LogP contribution in [0.1, 0.15) is 30.5 Å². The summed E-state index contributed by atoms with van der Waals surface area (Å²) >= 11 is 9.55. The third-order valence-corrected chi connectivity index (χ3v) is 7.24. The van der Waals surface area contributed by atoms with Crippen molar-refractivity contribution in [2.45, 2.75) is 38.9 Å². The van der Waals surface area contributed by atoms with Crippen molar-refractivity contribution in [2.24, 2.45) is 0 Å². The second-order valence-electron chi connectivity index (χ2n) is 9.02. The molecule has 198 valence electrons. The van der Waals surface area contributed by atoms with Crippen LogP contribution in [0.4, 0.5) is 4.39 Å². The number of aryl methyl sites for hydroxylation is 1. The van der Waals surface area contributed by atoms with Crippen molar-refractivity contribution in [2.75, 3.05) is 34.4 Å². The molecule has 0 amide bonds. The summed E-state index contributed by atoms with van der Waals surface area (Å²) in [6.45, 7) is 2.21. The molecule has 1 saturated carbocycles. The predicted octanol–water partition coefficient (Wildman–Crippen LogP) is 5.94. The van der Waals surface area contributed by atoms with Gasteiger partial charge >= 0.3 is 0 Å². The zero-order valence-corrected chi connectivity index (χ0v) is 23.7. The number of carbonyl (C=O) groups is 1. The van der Waals surface area contributed by atoms with Crippen LogP contribution >= 0.6 is 27.5 Å². The number of imidazole rings is 1. The quantitative estimate of drug-likeness (QED) is 0.202. The Hall–Kier alpha value is -2.46. The Kier molecular flexibility index (Phi) is 8.90. The van der Waals surface area contributed by atoms with Crippen molar-refractivity contribution in [3.8, 4) is 11.3 Å². The van der Waals surface area contributed by atoms with Gasteiger partial charge in [0.2, 0.25) is 0 Å². The number of hydrogen-bond donors (Lipinski definition) is 0. The lowest BCUT2D eigenvalue weighted by molar-refractivity contribution is -0.128. The van der Waals surface area contributed by atoms with E-state index in [4.69, 9.17) is 25.8 Å². The van der Waals surface area contributed by atoms with Gasteiger partial charge in [0.25, 0.3) is 0 Å². The molecule has 3 aromatic rings. The lowest BCUT2D eigenvalue weighted by atomic mass is 9.92. The fourth-order valence-corrected chi connectivity index (χ4v) is 5.30. The first kappa shape index (κ1) is 27.6. The number of ketones is 1. The third-order valence-electron chi connectivity index (χ3n) is 6.54. The van der Waals surface area contributed by atoms with Gasteiger partial charge < -0.3 is 23.5 Å². The number of Topliss-reactive ketones (excluding diaryl/α,β-unsaturated/α-hetero) is 1. The van der Waals surface area contributed by atoms with E-state index in [2.05, 4.69) is 20.9 Å². The molecule has 0 saturated heterocycles. The summed E-state index contributed by atoms with van der Waals surface area (Å²) in [5.74, 6) is 0.170. The Bertz CT molecular complexity index is 1310. The smallest absolute Gasteiger partial charge is 0.188 e. The molecule has 37 heavy (non-hydrogen) atoms. The molecule has 0 atom stereocenters. The van der Waals surface area contributed by atoms with Gasteiger partial charge in [-0.05, 0) is 55.5 Å². The zero-order valence-electron chi connectivity index (χ0n) is 21.3. The van der Waals surface area contributed by atoms with Crippen molar-refractivity contribution >= 4 is 39.0 Å². The first-order valence-corrected chi connectivity index (χ1v) is 13.1. The van der Waals surface area contributed by atoms with Crippen molar-refractivity contribution in [1.82, 2.24) is 14.3 Å². The number of nitrogens with zero attached hydrogens (tertiary/aromatic N) is 3. The maximum absolute atomic E-state index is 15.2.